The van der Waals surface area contributed by atoms with Crippen molar-refractivity contribution in [2.75, 3.05) is 0 Å². The van der Waals surface area contributed by atoms with Crippen LogP contribution in [0.4, 0.5) is 0 Å². The molecule has 0 radical (unpaired) electrons. The molecule has 1 heterocycles. The van der Waals surface area contributed by atoms with E-state index in [9.17, 15) is 0 Å². The van der Waals surface area contributed by atoms with Gasteiger partial charge in [-0.05, 0) is 24.1 Å². The second-order valence-corrected chi connectivity index (χ2v) is 6.80. The van der Waals surface area contributed by atoms with Crippen molar-refractivity contribution < 1.29 is 0 Å². The molecule has 0 fully saturated rings. The number of hydrogen-bond acceptors (Lipinski definition) is 1. The van der Waals surface area contributed by atoms with Crippen LogP contribution < -0.4 is 0 Å². The van der Waals surface area contributed by atoms with Gasteiger partial charge in [-0.25, -0.2) is 0 Å². The summed E-state index contributed by atoms with van der Waals surface area (Å²) in [6, 6.07) is 15.6. The Morgan fingerprint density at radius 3 is 2.65 bits per heavy atom. The fourth-order valence-electron chi connectivity index (χ4n) is 3.02. The molecule has 0 N–H and O–H groups in total. The Balaban J connectivity index is 1.93. The molecule has 1 atom stereocenters. The van der Waals surface area contributed by atoms with Gasteiger partial charge < -0.3 is 0 Å². The fraction of sp³-hybridized carbons (Fsp3) is 0.158. The Morgan fingerprint density at radius 2 is 1.80 bits per heavy atom. The molecule has 1 heteroatoms. The number of hydrogen-bond donors (Lipinski definition) is 0. The zero-order valence-electron chi connectivity index (χ0n) is 11.5. The minimum absolute atomic E-state index is 0.138. The maximum Gasteiger partial charge on any atom is 0.0358 e. The second-order valence-electron chi connectivity index (χ2n) is 5.72. The van der Waals surface area contributed by atoms with Gasteiger partial charge in [0, 0.05) is 25.6 Å². The lowest BCUT2D eigenvalue weighted by Gasteiger charge is -2.27. The van der Waals surface area contributed by atoms with Crippen molar-refractivity contribution in [2.45, 2.75) is 18.8 Å². The highest BCUT2D eigenvalue weighted by Crippen LogP contribution is 2.38. The van der Waals surface area contributed by atoms with Crippen LogP contribution in [0.1, 0.15) is 18.9 Å². The van der Waals surface area contributed by atoms with Gasteiger partial charge in [-0.3, -0.25) is 0 Å². The third-order valence-corrected chi connectivity index (χ3v) is 5.42. The van der Waals surface area contributed by atoms with E-state index in [2.05, 4.69) is 73.7 Å². The molecule has 1 aliphatic carbocycles. The van der Waals surface area contributed by atoms with E-state index >= 15 is 0 Å². The maximum atomic E-state index is 2.38. The van der Waals surface area contributed by atoms with E-state index < -0.39 is 0 Å². The van der Waals surface area contributed by atoms with Crippen molar-refractivity contribution in [2.24, 2.45) is 0 Å². The van der Waals surface area contributed by atoms with Gasteiger partial charge in [-0.15, -0.1) is 11.3 Å². The van der Waals surface area contributed by atoms with Gasteiger partial charge in [-0.2, -0.15) is 0 Å². The fourth-order valence-corrected chi connectivity index (χ4v) is 4.17. The summed E-state index contributed by atoms with van der Waals surface area (Å²) < 4.78 is 2.77. The molecule has 4 rings (SSSR count). The number of benzene rings is 2. The van der Waals surface area contributed by atoms with Crippen LogP contribution in [0.5, 0.6) is 0 Å². The highest BCUT2D eigenvalue weighted by atomic mass is 32.1. The first-order chi connectivity index (χ1) is 9.76. The van der Waals surface area contributed by atoms with E-state index in [1.807, 2.05) is 11.3 Å². The largest absolute Gasteiger partial charge is 0.135 e. The predicted octanol–water partition coefficient (Wildman–Crippen LogP) is 5.83. The first-order valence-corrected chi connectivity index (χ1v) is 7.84. The topological polar surface area (TPSA) is 0 Å². The van der Waals surface area contributed by atoms with Crippen molar-refractivity contribution in [3.05, 3.63) is 72.3 Å². The van der Waals surface area contributed by atoms with E-state index in [1.54, 1.807) is 0 Å². The summed E-state index contributed by atoms with van der Waals surface area (Å²) in [4.78, 5) is 0. The highest BCUT2D eigenvalue weighted by molar-refractivity contribution is 7.25. The Labute approximate surface area is 123 Å². The molecule has 0 nitrogen and oxygen atoms in total. The minimum Gasteiger partial charge on any atom is -0.135 e. The molecular weight excluding hydrogens is 260 g/mol. The van der Waals surface area contributed by atoms with E-state index in [0.29, 0.717) is 0 Å². The molecule has 1 unspecified atom stereocenters. The van der Waals surface area contributed by atoms with Crippen molar-refractivity contribution >= 4 is 31.5 Å². The summed E-state index contributed by atoms with van der Waals surface area (Å²) in [5.41, 5.74) is 1.55. The molecule has 3 aromatic rings. The molecule has 2 aromatic carbocycles. The van der Waals surface area contributed by atoms with Crippen LogP contribution in [-0.4, -0.2) is 0 Å². The predicted molar refractivity (Wildman–Crippen MR) is 89.6 cm³/mol. The zero-order valence-corrected chi connectivity index (χ0v) is 12.3. The van der Waals surface area contributed by atoms with E-state index in [0.717, 1.165) is 6.42 Å². The average Bonchev–Trinajstić information content (AvgIpc) is 2.85. The van der Waals surface area contributed by atoms with Gasteiger partial charge in [-0.1, -0.05) is 61.6 Å². The highest BCUT2D eigenvalue weighted by Gasteiger charge is 2.23. The van der Waals surface area contributed by atoms with Crippen LogP contribution in [0.2, 0.25) is 0 Å². The number of rotatable bonds is 1. The standard InChI is InChI=1S/C19H16S/c1-19(11-5-2-6-12-19)14-9-10-16-15-7-3-4-8-17(15)20-18(16)13-14/h2-11,13H,12H2,1H3. The molecule has 0 bridgehead atoms. The van der Waals surface area contributed by atoms with Crippen molar-refractivity contribution in [1.82, 2.24) is 0 Å². The molecule has 0 saturated heterocycles. The van der Waals surface area contributed by atoms with E-state index in [-0.39, 0.29) is 5.41 Å². The van der Waals surface area contributed by atoms with Crippen LogP contribution in [0.3, 0.4) is 0 Å². The second kappa shape index (κ2) is 4.32. The molecule has 98 valence electrons. The van der Waals surface area contributed by atoms with Crippen LogP contribution in [-0.2, 0) is 5.41 Å². The number of fused-ring (bicyclic) bond motifs is 3. The van der Waals surface area contributed by atoms with Crippen molar-refractivity contribution in [1.29, 1.82) is 0 Å². The number of thiophene rings is 1. The lowest BCUT2D eigenvalue weighted by molar-refractivity contribution is 0.601. The third-order valence-electron chi connectivity index (χ3n) is 4.29. The van der Waals surface area contributed by atoms with Crippen molar-refractivity contribution in [3.63, 3.8) is 0 Å². The summed E-state index contributed by atoms with van der Waals surface area (Å²) in [7, 11) is 0. The molecular formula is C19H16S. The Morgan fingerprint density at radius 1 is 0.950 bits per heavy atom. The zero-order chi connectivity index (χ0) is 13.6. The molecule has 0 spiro atoms. The van der Waals surface area contributed by atoms with Crippen LogP contribution in [0.25, 0.3) is 20.2 Å². The van der Waals surface area contributed by atoms with Gasteiger partial charge in [0.15, 0.2) is 0 Å². The van der Waals surface area contributed by atoms with Crippen molar-refractivity contribution in [3.8, 4) is 0 Å². The van der Waals surface area contributed by atoms with Gasteiger partial charge in [0.1, 0.15) is 0 Å². The molecule has 1 aliphatic rings. The summed E-state index contributed by atoms with van der Waals surface area (Å²) in [5.74, 6) is 0. The Kier molecular flexibility index (Phi) is 2.58. The molecule has 0 aliphatic heterocycles. The van der Waals surface area contributed by atoms with Gasteiger partial charge in [0.05, 0.1) is 0 Å². The van der Waals surface area contributed by atoms with Crippen LogP contribution in [0, 0.1) is 0 Å². The smallest absolute Gasteiger partial charge is 0.0358 e. The van der Waals surface area contributed by atoms with Gasteiger partial charge in [0.2, 0.25) is 0 Å². The molecule has 1 aromatic heterocycles. The SMILES string of the molecule is CC1(c2ccc3c(c2)sc2ccccc23)C=CC=CC1. The van der Waals surface area contributed by atoms with Crippen LogP contribution >= 0.6 is 11.3 Å². The monoisotopic (exact) mass is 276 g/mol. The van der Waals surface area contributed by atoms with E-state index in [4.69, 9.17) is 0 Å². The number of allylic oxidation sites excluding steroid dienone is 4. The quantitative estimate of drug-likeness (QED) is 0.524. The normalized spacial score (nSPS) is 21.9. The lowest BCUT2D eigenvalue weighted by atomic mass is 9.77. The third kappa shape index (κ3) is 1.74. The van der Waals surface area contributed by atoms with Gasteiger partial charge >= 0.3 is 0 Å². The summed E-state index contributed by atoms with van der Waals surface area (Å²) >= 11 is 1.90. The maximum absolute atomic E-state index is 2.38. The molecule has 0 amide bonds. The summed E-state index contributed by atoms with van der Waals surface area (Å²) in [6.07, 6.45) is 9.97. The lowest BCUT2D eigenvalue weighted by Crippen LogP contribution is -2.19. The van der Waals surface area contributed by atoms with E-state index in [1.165, 1.54) is 25.7 Å². The summed E-state index contributed by atoms with van der Waals surface area (Å²) in [6.45, 7) is 2.32. The van der Waals surface area contributed by atoms with Gasteiger partial charge in [0.25, 0.3) is 0 Å². The Bertz CT molecular complexity index is 850. The Hall–Kier alpha value is -1.86. The first kappa shape index (κ1) is 11.9. The van der Waals surface area contributed by atoms with Crippen LogP contribution in [0.15, 0.2) is 66.8 Å². The molecule has 20 heavy (non-hydrogen) atoms. The average molecular weight is 276 g/mol. The summed E-state index contributed by atoms with van der Waals surface area (Å²) in [5, 5.41) is 2.76. The first-order valence-electron chi connectivity index (χ1n) is 7.02. The molecule has 0 saturated carbocycles. The minimum atomic E-state index is 0.138.